The molecule has 33 heavy (non-hydrogen) atoms. The van der Waals surface area contributed by atoms with E-state index in [1.807, 2.05) is 30.3 Å². The van der Waals surface area contributed by atoms with Crippen molar-refractivity contribution in [3.05, 3.63) is 71.7 Å². The van der Waals surface area contributed by atoms with Gasteiger partial charge in [-0.2, -0.15) is 10.2 Å². The smallest absolute Gasteiger partial charge is 0.328 e. The molecule has 2 N–H and O–H groups in total. The van der Waals surface area contributed by atoms with Crippen LogP contribution in [0.1, 0.15) is 11.1 Å². The first-order valence-corrected chi connectivity index (χ1v) is 10.2. The number of nitrogens with zero attached hydrogens (tertiary/aromatic N) is 4. The highest BCUT2D eigenvalue weighted by molar-refractivity contribution is 5.86. The number of hydrogen-bond acceptors (Lipinski definition) is 7. The Morgan fingerprint density at radius 2 is 2.06 bits per heavy atom. The molecule has 3 aromatic rings. The summed E-state index contributed by atoms with van der Waals surface area (Å²) in [6.45, 7) is 2.43. The summed E-state index contributed by atoms with van der Waals surface area (Å²) in [6, 6.07) is 13.4. The minimum absolute atomic E-state index is 0.0729. The number of anilines is 3. The van der Waals surface area contributed by atoms with E-state index in [4.69, 9.17) is 20.1 Å². The Bertz CT molecular complexity index is 1250. The van der Waals surface area contributed by atoms with Gasteiger partial charge < -0.3 is 20.1 Å². The third-order valence-electron chi connectivity index (χ3n) is 5.04. The van der Waals surface area contributed by atoms with E-state index in [-0.39, 0.29) is 5.56 Å². The lowest BCUT2D eigenvalue weighted by Crippen LogP contribution is -2.37. The Morgan fingerprint density at radius 1 is 1.24 bits per heavy atom. The summed E-state index contributed by atoms with van der Waals surface area (Å²) in [7, 11) is 0. The number of carboxylic acid groups (broad SMARTS) is 1. The van der Waals surface area contributed by atoms with Gasteiger partial charge in [-0.25, -0.2) is 14.2 Å². The molecule has 4 rings (SSSR count). The number of rotatable bonds is 6. The Labute approximate surface area is 189 Å². The molecule has 0 aliphatic carbocycles. The number of halogens is 1. The molecule has 0 radical (unpaired) electrons. The number of aromatic nitrogens is 2. The van der Waals surface area contributed by atoms with Crippen molar-refractivity contribution in [3.63, 3.8) is 0 Å². The minimum atomic E-state index is -1.02. The van der Waals surface area contributed by atoms with Crippen molar-refractivity contribution >= 4 is 29.5 Å². The summed E-state index contributed by atoms with van der Waals surface area (Å²) >= 11 is 0. The van der Waals surface area contributed by atoms with Gasteiger partial charge in [-0.15, -0.1) is 0 Å². The second-order valence-corrected chi connectivity index (χ2v) is 7.26. The van der Waals surface area contributed by atoms with Crippen molar-refractivity contribution in [2.24, 2.45) is 0 Å². The zero-order valence-corrected chi connectivity index (χ0v) is 17.5. The van der Waals surface area contributed by atoms with Crippen LogP contribution in [0.15, 0.2) is 54.7 Å². The van der Waals surface area contributed by atoms with Gasteiger partial charge in [0.2, 0.25) is 5.95 Å². The molecule has 2 heterocycles. The number of nitrogens with one attached hydrogen (secondary N) is 1. The van der Waals surface area contributed by atoms with Crippen molar-refractivity contribution in [2.75, 3.05) is 36.5 Å². The molecule has 1 aliphatic rings. The van der Waals surface area contributed by atoms with E-state index in [0.717, 1.165) is 22.8 Å². The molecule has 0 spiro atoms. The number of hydrogen-bond donors (Lipinski definition) is 2. The van der Waals surface area contributed by atoms with Crippen molar-refractivity contribution in [1.29, 1.82) is 5.26 Å². The van der Waals surface area contributed by atoms with Gasteiger partial charge in [-0.05, 0) is 41.5 Å². The average Bonchev–Trinajstić information content (AvgIpc) is 2.84. The van der Waals surface area contributed by atoms with Crippen molar-refractivity contribution in [2.45, 2.75) is 0 Å². The van der Waals surface area contributed by atoms with E-state index in [2.05, 4.69) is 15.2 Å². The highest BCUT2D eigenvalue weighted by Gasteiger charge is 2.19. The zero-order chi connectivity index (χ0) is 23.2. The molecular formula is C24H20FN5O3. The number of benzene rings is 2. The Hall–Kier alpha value is -4.29. The highest BCUT2D eigenvalue weighted by Crippen LogP contribution is 2.31. The molecule has 1 aromatic heterocycles. The fourth-order valence-corrected chi connectivity index (χ4v) is 3.45. The lowest BCUT2D eigenvalue weighted by molar-refractivity contribution is -0.131. The van der Waals surface area contributed by atoms with Crippen LogP contribution in [-0.4, -0.2) is 47.3 Å². The van der Waals surface area contributed by atoms with E-state index in [1.165, 1.54) is 24.3 Å². The largest absolute Gasteiger partial charge is 0.478 e. The highest BCUT2D eigenvalue weighted by atomic mass is 19.1. The molecule has 8 nitrogen and oxygen atoms in total. The third-order valence-corrected chi connectivity index (χ3v) is 5.04. The molecule has 1 aliphatic heterocycles. The fourth-order valence-electron chi connectivity index (χ4n) is 3.45. The Balaban J connectivity index is 1.71. The lowest BCUT2D eigenvalue weighted by atomic mass is 10.0. The van der Waals surface area contributed by atoms with Gasteiger partial charge in [0, 0.05) is 36.6 Å². The van der Waals surface area contributed by atoms with E-state index in [1.54, 1.807) is 6.20 Å². The SMILES string of the molecule is N#Cc1cc(Nc2ncc(-c3cccc(C=CC(=O)O)c3)c(N3CCOCC3)n2)ccc1F. The van der Waals surface area contributed by atoms with E-state index < -0.39 is 11.8 Å². The summed E-state index contributed by atoms with van der Waals surface area (Å²) < 4.78 is 19.1. The first-order valence-electron chi connectivity index (χ1n) is 10.2. The second kappa shape index (κ2) is 9.89. The number of carboxylic acids is 1. The maximum absolute atomic E-state index is 13.7. The monoisotopic (exact) mass is 445 g/mol. The average molecular weight is 445 g/mol. The van der Waals surface area contributed by atoms with Gasteiger partial charge in [-0.1, -0.05) is 18.2 Å². The number of carbonyl (C=O) groups is 1. The number of aliphatic carboxylic acids is 1. The molecule has 1 saturated heterocycles. The molecule has 0 unspecified atom stereocenters. The maximum atomic E-state index is 13.7. The van der Waals surface area contributed by atoms with Crippen LogP contribution in [0.5, 0.6) is 0 Å². The third kappa shape index (κ3) is 5.31. The van der Waals surface area contributed by atoms with Gasteiger partial charge in [0.05, 0.1) is 18.8 Å². The maximum Gasteiger partial charge on any atom is 0.328 e. The number of morpholine rings is 1. The first kappa shape index (κ1) is 21.9. The van der Waals surface area contributed by atoms with E-state index >= 15 is 0 Å². The lowest BCUT2D eigenvalue weighted by Gasteiger charge is -2.29. The standard InChI is InChI=1S/C24H20FN5O3/c25-21-6-5-19(13-18(21)14-26)28-24-27-15-20(23(29-24)30-8-10-33-11-9-30)17-3-1-2-16(12-17)4-7-22(31)32/h1-7,12-13,15H,8-11H2,(H,31,32)(H,27,28,29). The van der Waals surface area contributed by atoms with Crippen molar-refractivity contribution < 1.29 is 19.0 Å². The van der Waals surface area contributed by atoms with Gasteiger partial charge in [0.25, 0.3) is 0 Å². The van der Waals surface area contributed by atoms with Crippen LogP contribution in [0.2, 0.25) is 0 Å². The van der Waals surface area contributed by atoms with Crippen LogP contribution in [0.3, 0.4) is 0 Å². The predicted molar refractivity (Wildman–Crippen MR) is 122 cm³/mol. The predicted octanol–water partition coefficient (Wildman–Crippen LogP) is 3.83. The molecule has 2 aromatic carbocycles. The van der Waals surface area contributed by atoms with Crippen LogP contribution in [0.25, 0.3) is 17.2 Å². The quantitative estimate of drug-likeness (QED) is 0.551. The summed E-state index contributed by atoms with van der Waals surface area (Å²) in [5.41, 5.74) is 2.78. The summed E-state index contributed by atoms with van der Waals surface area (Å²) in [4.78, 5) is 22.1. The van der Waals surface area contributed by atoms with Crippen LogP contribution in [0.4, 0.5) is 21.8 Å². The van der Waals surface area contributed by atoms with Gasteiger partial charge in [-0.3, -0.25) is 0 Å². The first-order chi connectivity index (χ1) is 16.0. The summed E-state index contributed by atoms with van der Waals surface area (Å²) in [5.74, 6) is -0.617. The topological polar surface area (TPSA) is 111 Å². The van der Waals surface area contributed by atoms with Crippen LogP contribution < -0.4 is 10.2 Å². The normalized spacial score (nSPS) is 13.6. The number of ether oxygens (including phenoxy) is 1. The molecule has 166 valence electrons. The zero-order valence-electron chi connectivity index (χ0n) is 17.5. The van der Waals surface area contributed by atoms with Crippen LogP contribution >= 0.6 is 0 Å². The molecule has 9 heteroatoms. The Morgan fingerprint density at radius 3 is 2.82 bits per heavy atom. The molecule has 0 bridgehead atoms. The minimum Gasteiger partial charge on any atom is -0.478 e. The van der Waals surface area contributed by atoms with Crippen molar-refractivity contribution in [3.8, 4) is 17.2 Å². The second-order valence-electron chi connectivity index (χ2n) is 7.26. The molecular weight excluding hydrogens is 425 g/mol. The van der Waals surface area contributed by atoms with E-state index in [0.29, 0.717) is 43.8 Å². The summed E-state index contributed by atoms with van der Waals surface area (Å²) in [6.07, 6.45) is 4.30. The van der Waals surface area contributed by atoms with Crippen LogP contribution in [-0.2, 0) is 9.53 Å². The van der Waals surface area contributed by atoms with Gasteiger partial charge in [0.15, 0.2) is 0 Å². The van der Waals surface area contributed by atoms with Crippen LogP contribution in [0, 0.1) is 17.1 Å². The number of nitriles is 1. The fraction of sp³-hybridized carbons (Fsp3) is 0.167. The Kier molecular flexibility index (Phi) is 6.57. The van der Waals surface area contributed by atoms with E-state index in [9.17, 15) is 9.18 Å². The van der Waals surface area contributed by atoms with Crippen molar-refractivity contribution in [1.82, 2.24) is 9.97 Å². The van der Waals surface area contributed by atoms with Gasteiger partial charge >= 0.3 is 5.97 Å². The molecule has 0 amide bonds. The van der Waals surface area contributed by atoms with Gasteiger partial charge in [0.1, 0.15) is 17.7 Å². The molecule has 1 fully saturated rings. The summed E-state index contributed by atoms with van der Waals surface area (Å²) in [5, 5.41) is 21.0. The molecule has 0 atom stereocenters. The molecule has 0 saturated carbocycles.